The monoisotopic (exact) mass is 291 g/mol. The summed E-state index contributed by atoms with van der Waals surface area (Å²) in [6.45, 7) is 10.5. The molecule has 1 heterocycles. The number of morpholine rings is 1. The summed E-state index contributed by atoms with van der Waals surface area (Å²) in [5, 5.41) is 0. The molecule has 1 aromatic rings. The number of rotatable bonds is 6. The molecule has 1 aliphatic rings. The van der Waals surface area contributed by atoms with Crippen LogP contribution < -0.4 is 11.3 Å². The summed E-state index contributed by atoms with van der Waals surface area (Å²) in [5.41, 5.74) is 5.55. The predicted octanol–water partition coefficient (Wildman–Crippen LogP) is 2.11. The second-order valence-electron chi connectivity index (χ2n) is 6.29. The fourth-order valence-corrected chi connectivity index (χ4v) is 3.02. The van der Waals surface area contributed by atoms with Crippen LogP contribution in [0.25, 0.3) is 0 Å². The minimum Gasteiger partial charge on any atom is -0.374 e. The van der Waals surface area contributed by atoms with Crippen molar-refractivity contribution < 1.29 is 4.74 Å². The first kappa shape index (κ1) is 16.4. The van der Waals surface area contributed by atoms with Crippen LogP contribution >= 0.6 is 0 Å². The van der Waals surface area contributed by atoms with Crippen LogP contribution in [-0.4, -0.2) is 37.2 Å². The molecule has 0 aromatic heterocycles. The van der Waals surface area contributed by atoms with Crippen molar-refractivity contribution in [2.45, 2.75) is 39.3 Å². The molecule has 4 heteroatoms. The number of hydrogen-bond acceptors (Lipinski definition) is 4. The van der Waals surface area contributed by atoms with E-state index in [1.165, 1.54) is 11.1 Å². The van der Waals surface area contributed by atoms with Crippen molar-refractivity contribution in [2.24, 2.45) is 11.8 Å². The van der Waals surface area contributed by atoms with Gasteiger partial charge >= 0.3 is 0 Å². The molecule has 1 fully saturated rings. The summed E-state index contributed by atoms with van der Waals surface area (Å²) in [6, 6.07) is 8.77. The Morgan fingerprint density at radius 3 is 2.90 bits per heavy atom. The van der Waals surface area contributed by atoms with Crippen LogP contribution in [0.15, 0.2) is 24.3 Å². The Morgan fingerprint density at radius 2 is 2.24 bits per heavy atom. The molecule has 0 saturated carbocycles. The Kier molecular flexibility index (Phi) is 6.18. The van der Waals surface area contributed by atoms with E-state index < -0.39 is 0 Å². The number of ether oxygens (including phenoxy) is 1. The van der Waals surface area contributed by atoms with Crippen molar-refractivity contribution in [3.8, 4) is 0 Å². The zero-order chi connectivity index (χ0) is 15.2. The molecule has 1 aliphatic heterocycles. The van der Waals surface area contributed by atoms with E-state index in [0.717, 1.165) is 32.7 Å². The quantitative estimate of drug-likeness (QED) is 0.622. The zero-order valence-corrected chi connectivity index (χ0v) is 13.5. The summed E-state index contributed by atoms with van der Waals surface area (Å²) in [7, 11) is 0. The summed E-state index contributed by atoms with van der Waals surface area (Å²) < 4.78 is 5.95. The Bertz CT molecular complexity index is 436. The lowest BCUT2D eigenvalue weighted by molar-refractivity contribution is -0.0456. The molecule has 0 spiro atoms. The summed E-state index contributed by atoms with van der Waals surface area (Å²) in [6.07, 6.45) is 1.20. The summed E-state index contributed by atoms with van der Waals surface area (Å²) in [4.78, 5) is 2.41. The van der Waals surface area contributed by atoms with Gasteiger partial charge in [0.25, 0.3) is 0 Å². The molecule has 0 aliphatic carbocycles. The molecule has 2 unspecified atom stereocenters. The van der Waals surface area contributed by atoms with Gasteiger partial charge in [-0.1, -0.05) is 45.0 Å². The van der Waals surface area contributed by atoms with Crippen LogP contribution in [0.5, 0.6) is 0 Å². The SMILES string of the molecule is CCN1CCOC(C(NN)c2cccc(CC(C)C)c2)C1. The van der Waals surface area contributed by atoms with E-state index in [0.29, 0.717) is 5.92 Å². The normalized spacial score (nSPS) is 21.7. The number of hydrogen-bond donors (Lipinski definition) is 2. The fourth-order valence-electron chi connectivity index (χ4n) is 3.02. The highest BCUT2D eigenvalue weighted by atomic mass is 16.5. The van der Waals surface area contributed by atoms with E-state index in [9.17, 15) is 0 Å². The molecule has 2 rings (SSSR count). The van der Waals surface area contributed by atoms with Gasteiger partial charge in [-0.2, -0.15) is 0 Å². The molecule has 0 radical (unpaired) electrons. The first-order valence-electron chi connectivity index (χ1n) is 8.03. The number of nitrogens with zero attached hydrogens (tertiary/aromatic N) is 1. The highest BCUT2D eigenvalue weighted by molar-refractivity contribution is 5.27. The zero-order valence-electron chi connectivity index (χ0n) is 13.5. The number of benzene rings is 1. The summed E-state index contributed by atoms with van der Waals surface area (Å²) >= 11 is 0. The van der Waals surface area contributed by atoms with Crippen LogP contribution in [0.4, 0.5) is 0 Å². The van der Waals surface area contributed by atoms with Crippen LogP contribution in [0.3, 0.4) is 0 Å². The van der Waals surface area contributed by atoms with Crippen molar-refractivity contribution in [2.75, 3.05) is 26.2 Å². The van der Waals surface area contributed by atoms with Crippen LogP contribution in [-0.2, 0) is 11.2 Å². The lowest BCUT2D eigenvalue weighted by Crippen LogP contribution is -2.49. The van der Waals surface area contributed by atoms with Gasteiger partial charge in [-0.05, 0) is 30.0 Å². The van der Waals surface area contributed by atoms with Crippen LogP contribution in [0, 0.1) is 5.92 Å². The Balaban J connectivity index is 2.12. The van der Waals surface area contributed by atoms with Crippen molar-refractivity contribution in [1.29, 1.82) is 0 Å². The molecule has 0 bridgehead atoms. The van der Waals surface area contributed by atoms with E-state index in [1.54, 1.807) is 0 Å². The van der Waals surface area contributed by atoms with Gasteiger partial charge < -0.3 is 4.74 Å². The third-order valence-electron chi connectivity index (χ3n) is 4.13. The molecule has 2 atom stereocenters. The number of nitrogens with one attached hydrogen (secondary N) is 1. The third-order valence-corrected chi connectivity index (χ3v) is 4.13. The largest absolute Gasteiger partial charge is 0.374 e. The number of nitrogens with two attached hydrogens (primary N) is 1. The Hall–Kier alpha value is -0.940. The predicted molar refractivity (Wildman–Crippen MR) is 86.9 cm³/mol. The van der Waals surface area contributed by atoms with Gasteiger partial charge in [-0.3, -0.25) is 16.2 Å². The maximum atomic E-state index is 5.95. The fraction of sp³-hybridized carbons (Fsp3) is 0.647. The highest BCUT2D eigenvalue weighted by Crippen LogP contribution is 2.23. The molecular formula is C17H29N3O. The lowest BCUT2D eigenvalue weighted by Gasteiger charge is -2.36. The average molecular weight is 291 g/mol. The van der Waals surface area contributed by atoms with E-state index in [2.05, 4.69) is 55.4 Å². The standard InChI is InChI=1S/C17H29N3O/c1-4-20-8-9-21-16(12-20)17(19-18)15-7-5-6-14(11-15)10-13(2)3/h5-7,11,13,16-17,19H,4,8-10,12,18H2,1-3H3. The Morgan fingerprint density at radius 1 is 1.43 bits per heavy atom. The van der Waals surface area contributed by atoms with Gasteiger partial charge in [0.05, 0.1) is 18.8 Å². The van der Waals surface area contributed by atoms with Gasteiger partial charge in [0.2, 0.25) is 0 Å². The molecular weight excluding hydrogens is 262 g/mol. The van der Waals surface area contributed by atoms with E-state index in [4.69, 9.17) is 10.6 Å². The van der Waals surface area contributed by atoms with Crippen LogP contribution in [0.2, 0.25) is 0 Å². The highest BCUT2D eigenvalue weighted by Gasteiger charge is 2.28. The lowest BCUT2D eigenvalue weighted by atomic mass is 9.95. The van der Waals surface area contributed by atoms with E-state index in [-0.39, 0.29) is 12.1 Å². The maximum Gasteiger partial charge on any atom is 0.0909 e. The summed E-state index contributed by atoms with van der Waals surface area (Å²) in [5.74, 6) is 6.48. The van der Waals surface area contributed by atoms with Gasteiger partial charge in [0.15, 0.2) is 0 Å². The van der Waals surface area contributed by atoms with Crippen LogP contribution in [0.1, 0.15) is 37.9 Å². The first-order valence-corrected chi connectivity index (χ1v) is 8.03. The number of hydrazine groups is 1. The van der Waals surface area contributed by atoms with Gasteiger partial charge in [-0.15, -0.1) is 0 Å². The second kappa shape index (κ2) is 7.90. The molecule has 1 saturated heterocycles. The minimum atomic E-state index is 0.0477. The van der Waals surface area contributed by atoms with E-state index in [1.807, 2.05) is 0 Å². The first-order chi connectivity index (χ1) is 10.1. The smallest absolute Gasteiger partial charge is 0.0909 e. The number of likely N-dealkylation sites (N-methyl/N-ethyl adjacent to an activating group) is 1. The molecule has 4 nitrogen and oxygen atoms in total. The topological polar surface area (TPSA) is 50.5 Å². The molecule has 0 amide bonds. The molecule has 21 heavy (non-hydrogen) atoms. The van der Waals surface area contributed by atoms with Crippen molar-refractivity contribution >= 4 is 0 Å². The van der Waals surface area contributed by atoms with Crippen molar-refractivity contribution in [3.05, 3.63) is 35.4 Å². The molecule has 1 aromatic carbocycles. The molecule has 118 valence electrons. The van der Waals surface area contributed by atoms with Gasteiger partial charge in [0.1, 0.15) is 0 Å². The second-order valence-corrected chi connectivity index (χ2v) is 6.29. The van der Waals surface area contributed by atoms with Gasteiger partial charge in [-0.25, -0.2) is 0 Å². The minimum absolute atomic E-state index is 0.0477. The Labute approximate surface area is 128 Å². The maximum absolute atomic E-state index is 5.95. The van der Waals surface area contributed by atoms with Gasteiger partial charge in [0, 0.05) is 13.1 Å². The van der Waals surface area contributed by atoms with Crippen molar-refractivity contribution in [3.63, 3.8) is 0 Å². The molecule has 3 N–H and O–H groups in total. The average Bonchev–Trinajstić information content (AvgIpc) is 2.48. The third kappa shape index (κ3) is 4.51. The van der Waals surface area contributed by atoms with Crippen molar-refractivity contribution in [1.82, 2.24) is 10.3 Å². The van der Waals surface area contributed by atoms with E-state index >= 15 is 0 Å².